The van der Waals surface area contributed by atoms with Crippen LogP contribution in [0.2, 0.25) is 0 Å². The second-order valence-electron chi connectivity index (χ2n) is 6.22. The summed E-state index contributed by atoms with van der Waals surface area (Å²) in [5, 5.41) is 10.9. The van der Waals surface area contributed by atoms with Gasteiger partial charge in [-0.3, -0.25) is 0 Å². The van der Waals surface area contributed by atoms with Gasteiger partial charge in [0.05, 0.1) is 5.60 Å². The van der Waals surface area contributed by atoms with E-state index in [0.29, 0.717) is 5.92 Å². The molecule has 0 heterocycles. The molecular weight excluding hydrogens is 232 g/mol. The van der Waals surface area contributed by atoms with Crippen molar-refractivity contribution in [1.82, 2.24) is 0 Å². The molecule has 2 rings (SSSR count). The molecule has 0 aliphatic heterocycles. The Balaban J connectivity index is 2.14. The highest BCUT2D eigenvalue weighted by atomic mass is 16.3. The van der Waals surface area contributed by atoms with E-state index in [9.17, 15) is 5.11 Å². The normalized spacial score (nSPS) is 19.2. The van der Waals surface area contributed by atoms with Crippen LogP contribution in [-0.4, -0.2) is 10.7 Å². The van der Waals surface area contributed by atoms with Crippen LogP contribution in [0.1, 0.15) is 75.8 Å². The highest BCUT2D eigenvalue weighted by Crippen LogP contribution is 2.39. The lowest BCUT2D eigenvalue weighted by atomic mass is 9.74. The van der Waals surface area contributed by atoms with Crippen LogP contribution in [0.25, 0.3) is 0 Å². The molecule has 1 unspecified atom stereocenters. The van der Waals surface area contributed by atoms with Crippen LogP contribution in [-0.2, 0) is 6.42 Å². The Bertz CT molecular complexity index is 390. The summed E-state index contributed by atoms with van der Waals surface area (Å²) in [6.07, 6.45) is 8.72. The minimum absolute atomic E-state index is 0.446. The SMILES string of the molecule is CCCC(O)(CCC)CC1CCCc2ccccc21. The molecule has 19 heavy (non-hydrogen) atoms. The van der Waals surface area contributed by atoms with Crippen LogP contribution in [0.3, 0.4) is 0 Å². The van der Waals surface area contributed by atoms with Crippen molar-refractivity contribution in [2.75, 3.05) is 0 Å². The lowest BCUT2D eigenvalue weighted by Crippen LogP contribution is -2.31. The van der Waals surface area contributed by atoms with E-state index in [4.69, 9.17) is 0 Å². The van der Waals surface area contributed by atoms with E-state index >= 15 is 0 Å². The fourth-order valence-corrected chi connectivity index (χ4v) is 3.79. The molecule has 1 aliphatic carbocycles. The Morgan fingerprint density at radius 1 is 1.16 bits per heavy atom. The van der Waals surface area contributed by atoms with E-state index in [2.05, 4.69) is 38.1 Å². The summed E-state index contributed by atoms with van der Waals surface area (Å²) in [4.78, 5) is 0. The summed E-state index contributed by atoms with van der Waals surface area (Å²) in [6.45, 7) is 4.35. The molecule has 0 amide bonds. The number of aryl methyl sites for hydroxylation is 1. The monoisotopic (exact) mass is 260 g/mol. The van der Waals surface area contributed by atoms with Gasteiger partial charge in [0.1, 0.15) is 0 Å². The third-order valence-corrected chi connectivity index (χ3v) is 4.55. The number of aliphatic hydroxyl groups is 1. The first kappa shape index (κ1) is 14.6. The maximum absolute atomic E-state index is 10.9. The third kappa shape index (κ3) is 3.60. The molecule has 0 saturated carbocycles. The smallest absolute Gasteiger partial charge is 0.0653 e. The maximum atomic E-state index is 10.9. The molecule has 1 atom stereocenters. The number of rotatable bonds is 6. The first-order valence-electron chi connectivity index (χ1n) is 7.98. The van der Waals surface area contributed by atoms with Gasteiger partial charge in [-0.25, -0.2) is 0 Å². The van der Waals surface area contributed by atoms with Crippen molar-refractivity contribution in [2.24, 2.45) is 0 Å². The second kappa shape index (κ2) is 6.56. The predicted molar refractivity (Wildman–Crippen MR) is 81.5 cm³/mol. The van der Waals surface area contributed by atoms with E-state index in [-0.39, 0.29) is 0 Å². The average molecular weight is 260 g/mol. The number of benzene rings is 1. The van der Waals surface area contributed by atoms with Crippen LogP contribution in [0, 0.1) is 0 Å². The van der Waals surface area contributed by atoms with E-state index in [1.165, 1.54) is 30.4 Å². The summed E-state index contributed by atoms with van der Waals surface area (Å²) in [5.41, 5.74) is 2.56. The standard InChI is InChI=1S/C18H28O/c1-3-12-18(19,13-4-2)14-16-10-7-9-15-8-5-6-11-17(15)16/h5-6,8,11,16,19H,3-4,7,9-10,12-14H2,1-2H3. The first-order valence-corrected chi connectivity index (χ1v) is 7.98. The van der Waals surface area contributed by atoms with Gasteiger partial charge in [-0.1, -0.05) is 51.0 Å². The Morgan fingerprint density at radius 3 is 2.53 bits per heavy atom. The van der Waals surface area contributed by atoms with Gasteiger partial charge < -0.3 is 5.11 Å². The second-order valence-corrected chi connectivity index (χ2v) is 6.22. The summed E-state index contributed by atoms with van der Waals surface area (Å²) in [6, 6.07) is 8.83. The maximum Gasteiger partial charge on any atom is 0.0653 e. The van der Waals surface area contributed by atoms with Crippen molar-refractivity contribution >= 4 is 0 Å². The third-order valence-electron chi connectivity index (χ3n) is 4.55. The van der Waals surface area contributed by atoms with Gasteiger partial charge in [0.15, 0.2) is 0 Å². The Morgan fingerprint density at radius 2 is 1.84 bits per heavy atom. The fourth-order valence-electron chi connectivity index (χ4n) is 3.79. The molecule has 0 saturated heterocycles. The largest absolute Gasteiger partial charge is 0.390 e. The molecule has 0 fully saturated rings. The van der Waals surface area contributed by atoms with E-state index < -0.39 is 5.60 Å². The van der Waals surface area contributed by atoms with Crippen LogP contribution in [0.4, 0.5) is 0 Å². The molecule has 1 aliphatic rings. The summed E-state index contributed by atoms with van der Waals surface area (Å²) < 4.78 is 0. The average Bonchev–Trinajstić information content (AvgIpc) is 2.39. The van der Waals surface area contributed by atoms with Gasteiger partial charge in [-0.05, 0) is 55.6 Å². The molecule has 1 heteroatoms. The predicted octanol–water partition coefficient (Wildman–Crippen LogP) is 4.83. The van der Waals surface area contributed by atoms with Gasteiger partial charge in [0.25, 0.3) is 0 Å². The molecule has 0 spiro atoms. The number of fused-ring (bicyclic) bond motifs is 1. The van der Waals surface area contributed by atoms with Crippen molar-refractivity contribution in [1.29, 1.82) is 0 Å². The quantitative estimate of drug-likeness (QED) is 0.777. The van der Waals surface area contributed by atoms with Crippen LogP contribution in [0.5, 0.6) is 0 Å². The van der Waals surface area contributed by atoms with Crippen LogP contribution in [0.15, 0.2) is 24.3 Å². The molecule has 106 valence electrons. The number of hydrogen-bond donors (Lipinski definition) is 1. The molecular formula is C18H28O. The fraction of sp³-hybridized carbons (Fsp3) is 0.667. The van der Waals surface area contributed by atoms with Crippen LogP contribution >= 0.6 is 0 Å². The van der Waals surface area contributed by atoms with Crippen molar-refractivity contribution in [3.63, 3.8) is 0 Å². The molecule has 0 aromatic heterocycles. The van der Waals surface area contributed by atoms with Gasteiger partial charge >= 0.3 is 0 Å². The zero-order chi connectivity index (χ0) is 13.7. The molecule has 1 N–H and O–H groups in total. The Hall–Kier alpha value is -0.820. The van der Waals surface area contributed by atoms with Gasteiger partial charge in [0, 0.05) is 0 Å². The minimum Gasteiger partial charge on any atom is -0.390 e. The zero-order valence-corrected chi connectivity index (χ0v) is 12.5. The lowest BCUT2D eigenvalue weighted by Gasteiger charge is -2.34. The van der Waals surface area contributed by atoms with Crippen molar-refractivity contribution in [2.45, 2.75) is 76.7 Å². The Kier molecular flexibility index (Phi) is 5.04. The number of hydrogen-bond acceptors (Lipinski definition) is 1. The molecule has 1 aromatic rings. The first-order chi connectivity index (χ1) is 9.18. The minimum atomic E-state index is -0.446. The topological polar surface area (TPSA) is 20.2 Å². The van der Waals surface area contributed by atoms with E-state index in [0.717, 1.165) is 32.1 Å². The van der Waals surface area contributed by atoms with Gasteiger partial charge in [-0.2, -0.15) is 0 Å². The van der Waals surface area contributed by atoms with Crippen molar-refractivity contribution in [3.05, 3.63) is 35.4 Å². The van der Waals surface area contributed by atoms with E-state index in [1.54, 1.807) is 0 Å². The summed E-state index contributed by atoms with van der Waals surface area (Å²) in [7, 11) is 0. The van der Waals surface area contributed by atoms with Crippen molar-refractivity contribution in [3.8, 4) is 0 Å². The highest BCUT2D eigenvalue weighted by molar-refractivity contribution is 5.32. The summed E-state index contributed by atoms with van der Waals surface area (Å²) in [5.74, 6) is 0.563. The molecule has 0 bridgehead atoms. The molecule has 1 aromatic carbocycles. The summed E-state index contributed by atoms with van der Waals surface area (Å²) >= 11 is 0. The molecule has 0 radical (unpaired) electrons. The van der Waals surface area contributed by atoms with Gasteiger partial charge in [-0.15, -0.1) is 0 Å². The van der Waals surface area contributed by atoms with Crippen LogP contribution < -0.4 is 0 Å². The van der Waals surface area contributed by atoms with Crippen molar-refractivity contribution < 1.29 is 5.11 Å². The van der Waals surface area contributed by atoms with Gasteiger partial charge in [0.2, 0.25) is 0 Å². The lowest BCUT2D eigenvalue weighted by molar-refractivity contribution is 0.00482. The molecule has 1 nitrogen and oxygen atoms in total. The highest BCUT2D eigenvalue weighted by Gasteiger charge is 2.31. The zero-order valence-electron chi connectivity index (χ0n) is 12.5. The Labute approximate surface area is 118 Å². The van der Waals surface area contributed by atoms with E-state index in [1.807, 2.05) is 0 Å².